The third-order valence-electron chi connectivity index (χ3n) is 2.69. The lowest BCUT2D eigenvalue weighted by atomic mass is 10.1. The zero-order valence-corrected chi connectivity index (χ0v) is 13.0. The number of halogens is 3. The van der Waals surface area contributed by atoms with E-state index in [2.05, 4.69) is 6.58 Å². The Bertz CT molecular complexity index is 423. The van der Waals surface area contributed by atoms with Crippen molar-refractivity contribution in [3.05, 3.63) is 44.9 Å². The highest BCUT2D eigenvalue weighted by Gasteiger charge is 2.08. The van der Waals surface area contributed by atoms with Gasteiger partial charge < -0.3 is 9.84 Å². The molecular formula is C14H17Cl3O2. The molecule has 1 aromatic rings. The van der Waals surface area contributed by atoms with Gasteiger partial charge in [0.05, 0.1) is 12.7 Å². The molecule has 0 aliphatic rings. The van der Waals surface area contributed by atoms with Crippen LogP contribution in [0.4, 0.5) is 0 Å². The molecule has 0 bridgehead atoms. The van der Waals surface area contributed by atoms with Gasteiger partial charge in [0.25, 0.3) is 0 Å². The van der Waals surface area contributed by atoms with E-state index in [1.54, 1.807) is 19.1 Å². The number of ether oxygens (including phenoxy) is 1. The molecule has 0 fully saturated rings. The second-order valence-corrected chi connectivity index (χ2v) is 5.66. The number of aliphatic hydroxyl groups excluding tert-OH is 1. The van der Waals surface area contributed by atoms with E-state index in [1.165, 1.54) is 0 Å². The van der Waals surface area contributed by atoms with Crippen LogP contribution in [0.2, 0.25) is 15.1 Å². The SMILES string of the molecule is C=C(C)[C@@H](O)CCCOCc1c(Cl)cc(Cl)cc1Cl. The average Bonchev–Trinajstić information content (AvgIpc) is 2.30. The molecular weight excluding hydrogens is 307 g/mol. The van der Waals surface area contributed by atoms with Crippen LogP contribution in [0, 0.1) is 0 Å². The fraction of sp³-hybridized carbons (Fsp3) is 0.429. The lowest BCUT2D eigenvalue weighted by Crippen LogP contribution is -2.08. The van der Waals surface area contributed by atoms with Crippen LogP contribution in [0.5, 0.6) is 0 Å². The van der Waals surface area contributed by atoms with Gasteiger partial charge in [-0.1, -0.05) is 47.0 Å². The Balaban J connectivity index is 2.36. The van der Waals surface area contributed by atoms with Crippen molar-refractivity contribution in [2.75, 3.05) is 6.61 Å². The maximum atomic E-state index is 9.55. The molecule has 1 atom stereocenters. The van der Waals surface area contributed by atoms with Crippen LogP contribution in [-0.2, 0) is 11.3 Å². The van der Waals surface area contributed by atoms with Crippen LogP contribution >= 0.6 is 34.8 Å². The molecule has 0 heterocycles. The Morgan fingerprint density at radius 2 is 1.89 bits per heavy atom. The third kappa shape index (κ3) is 5.72. The highest BCUT2D eigenvalue weighted by molar-refractivity contribution is 6.39. The van der Waals surface area contributed by atoms with E-state index in [0.717, 1.165) is 17.6 Å². The molecule has 0 aliphatic carbocycles. The molecule has 0 saturated heterocycles. The minimum atomic E-state index is -0.466. The van der Waals surface area contributed by atoms with Gasteiger partial charge in [-0.2, -0.15) is 0 Å². The molecule has 106 valence electrons. The fourth-order valence-electron chi connectivity index (χ4n) is 1.51. The van der Waals surface area contributed by atoms with Crippen LogP contribution in [0.3, 0.4) is 0 Å². The highest BCUT2D eigenvalue weighted by Crippen LogP contribution is 2.29. The number of rotatable bonds is 7. The summed E-state index contributed by atoms with van der Waals surface area (Å²) < 4.78 is 5.50. The summed E-state index contributed by atoms with van der Waals surface area (Å²) in [6, 6.07) is 3.27. The molecule has 0 spiro atoms. The smallest absolute Gasteiger partial charge is 0.0746 e. The van der Waals surface area contributed by atoms with Crippen molar-refractivity contribution in [3.8, 4) is 0 Å². The van der Waals surface area contributed by atoms with Gasteiger partial charge >= 0.3 is 0 Å². The molecule has 0 aliphatic heterocycles. The molecule has 0 unspecified atom stereocenters. The van der Waals surface area contributed by atoms with E-state index < -0.39 is 6.10 Å². The van der Waals surface area contributed by atoms with Crippen LogP contribution in [0.15, 0.2) is 24.3 Å². The first-order valence-corrected chi connectivity index (χ1v) is 7.10. The molecule has 19 heavy (non-hydrogen) atoms. The van der Waals surface area contributed by atoms with E-state index in [0.29, 0.717) is 34.7 Å². The van der Waals surface area contributed by atoms with Crippen LogP contribution < -0.4 is 0 Å². The summed E-state index contributed by atoms with van der Waals surface area (Å²) in [5.41, 5.74) is 1.50. The Kier molecular flexibility index (Phi) is 7.19. The van der Waals surface area contributed by atoms with Crippen molar-refractivity contribution in [3.63, 3.8) is 0 Å². The highest BCUT2D eigenvalue weighted by atomic mass is 35.5. The summed E-state index contributed by atoms with van der Waals surface area (Å²) in [5.74, 6) is 0. The fourth-order valence-corrected chi connectivity index (χ4v) is 2.44. The Morgan fingerprint density at radius 3 is 2.42 bits per heavy atom. The predicted octanol–water partition coefficient (Wildman–Crippen LogP) is 4.88. The van der Waals surface area contributed by atoms with E-state index in [9.17, 15) is 5.11 Å². The minimum absolute atomic E-state index is 0.331. The molecule has 0 amide bonds. The molecule has 5 heteroatoms. The van der Waals surface area contributed by atoms with E-state index in [1.807, 2.05) is 0 Å². The van der Waals surface area contributed by atoms with Crippen molar-refractivity contribution in [2.45, 2.75) is 32.5 Å². The molecule has 0 saturated carbocycles. The standard InChI is InChI=1S/C14H17Cl3O2/c1-9(2)14(18)4-3-5-19-8-11-12(16)6-10(15)7-13(11)17/h6-7,14,18H,1,3-5,8H2,2H3/t14-/m0/s1. The largest absolute Gasteiger partial charge is 0.389 e. The first kappa shape index (κ1) is 16.8. The lowest BCUT2D eigenvalue weighted by Gasteiger charge is -2.11. The van der Waals surface area contributed by atoms with Gasteiger partial charge in [0.2, 0.25) is 0 Å². The summed E-state index contributed by atoms with van der Waals surface area (Å²) in [4.78, 5) is 0. The van der Waals surface area contributed by atoms with Crippen LogP contribution in [0.1, 0.15) is 25.3 Å². The van der Waals surface area contributed by atoms with Crippen LogP contribution in [-0.4, -0.2) is 17.8 Å². The van der Waals surface area contributed by atoms with Crippen molar-refractivity contribution >= 4 is 34.8 Å². The number of benzene rings is 1. The van der Waals surface area contributed by atoms with Gasteiger partial charge in [-0.3, -0.25) is 0 Å². The maximum absolute atomic E-state index is 9.55. The molecule has 2 nitrogen and oxygen atoms in total. The van der Waals surface area contributed by atoms with Crippen molar-refractivity contribution < 1.29 is 9.84 Å². The Labute approximate surface area is 128 Å². The summed E-state index contributed by atoms with van der Waals surface area (Å²) in [5, 5.41) is 11.1. The van der Waals surface area contributed by atoms with E-state index in [4.69, 9.17) is 39.5 Å². The molecule has 0 aromatic heterocycles. The zero-order valence-electron chi connectivity index (χ0n) is 10.8. The number of aliphatic hydroxyl groups is 1. The first-order chi connectivity index (χ1) is 8.91. The van der Waals surface area contributed by atoms with Gasteiger partial charge in [0.15, 0.2) is 0 Å². The summed E-state index contributed by atoms with van der Waals surface area (Å²) in [6.07, 6.45) is 0.917. The van der Waals surface area contributed by atoms with E-state index >= 15 is 0 Å². The minimum Gasteiger partial charge on any atom is -0.389 e. The maximum Gasteiger partial charge on any atom is 0.0746 e. The number of hydrogen-bond acceptors (Lipinski definition) is 2. The zero-order chi connectivity index (χ0) is 14.4. The molecule has 1 N–H and O–H groups in total. The first-order valence-electron chi connectivity index (χ1n) is 5.96. The van der Waals surface area contributed by atoms with Crippen molar-refractivity contribution in [2.24, 2.45) is 0 Å². The number of hydrogen-bond donors (Lipinski definition) is 1. The summed E-state index contributed by atoms with van der Waals surface area (Å²) in [6.45, 7) is 6.36. The summed E-state index contributed by atoms with van der Waals surface area (Å²) >= 11 is 17.9. The summed E-state index contributed by atoms with van der Waals surface area (Å²) in [7, 11) is 0. The van der Waals surface area contributed by atoms with Gasteiger partial charge in [0, 0.05) is 27.2 Å². The third-order valence-corrected chi connectivity index (χ3v) is 3.58. The Morgan fingerprint density at radius 1 is 1.32 bits per heavy atom. The van der Waals surface area contributed by atoms with Crippen molar-refractivity contribution in [1.29, 1.82) is 0 Å². The average molecular weight is 324 g/mol. The predicted molar refractivity (Wildman–Crippen MR) is 81.2 cm³/mol. The van der Waals surface area contributed by atoms with Gasteiger partial charge in [0.1, 0.15) is 0 Å². The Hall–Kier alpha value is -0.250. The van der Waals surface area contributed by atoms with Crippen molar-refractivity contribution in [1.82, 2.24) is 0 Å². The second-order valence-electron chi connectivity index (χ2n) is 4.40. The molecule has 0 radical (unpaired) electrons. The quantitative estimate of drug-likeness (QED) is 0.572. The topological polar surface area (TPSA) is 29.5 Å². The van der Waals surface area contributed by atoms with E-state index in [-0.39, 0.29) is 0 Å². The van der Waals surface area contributed by atoms with Gasteiger partial charge in [-0.15, -0.1) is 0 Å². The second kappa shape index (κ2) is 8.13. The monoisotopic (exact) mass is 322 g/mol. The van der Waals surface area contributed by atoms with Gasteiger partial charge in [-0.25, -0.2) is 0 Å². The normalized spacial score (nSPS) is 12.5. The lowest BCUT2D eigenvalue weighted by molar-refractivity contribution is 0.104. The van der Waals surface area contributed by atoms with Crippen LogP contribution in [0.25, 0.3) is 0 Å². The molecule has 1 aromatic carbocycles. The van der Waals surface area contributed by atoms with Gasteiger partial charge in [-0.05, 0) is 31.9 Å². The molecule has 1 rings (SSSR count).